The fraction of sp³-hybridized carbons (Fsp3) is 0.100. The Morgan fingerprint density at radius 2 is 2.42 bits per heavy atom. The van der Waals surface area contributed by atoms with E-state index in [9.17, 15) is 0 Å². The fourth-order valence-corrected chi connectivity index (χ4v) is 1.64. The lowest BCUT2D eigenvalue weighted by Gasteiger charge is -2.08. The van der Waals surface area contributed by atoms with Gasteiger partial charge < -0.3 is 4.52 Å². The molecule has 2 heteroatoms. The average Bonchev–Trinajstić information content (AvgIpc) is 2.64. The highest BCUT2D eigenvalue weighted by molar-refractivity contribution is 5.69. The van der Waals surface area contributed by atoms with Crippen molar-refractivity contribution >= 4 is 6.08 Å². The molecular formula is C10H7NO. The van der Waals surface area contributed by atoms with E-state index >= 15 is 0 Å². The molecule has 0 saturated heterocycles. The van der Waals surface area contributed by atoms with Gasteiger partial charge in [0, 0.05) is 12.0 Å². The SMILES string of the molecule is C1=CC2=Cc3nocc3CC2=C1. The van der Waals surface area contributed by atoms with Crippen LogP contribution in [0.5, 0.6) is 0 Å². The molecule has 0 N–H and O–H groups in total. The number of rotatable bonds is 0. The third kappa shape index (κ3) is 0.666. The van der Waals surface area contributed by atoms with Gasteiger partial charge in [-0.05, 0) is 17.2 Å². The van der Waals surface area contributed by atoms with E-state index in [2.05, 4.69) is 29.5 Å². The van der Waals surface area contributed by atoms with Gasteiger partial charge in [0.15, 0.2) is 0 Å². The molecule has 0 aromatic carbocycles. The van der Waals surface area contributed by atoms with Crippen LogP contribution < -0.4 is 0 Å². The quantitative estimate of drug-likeness (QED) is 0.576. The number of allylic oxidation sites excluding steroid dienone is 5. The largest absolute Gasteiger partial charge is 0.364 e. The molecule has 0 atom stereocenters. The molecule has 0 amide bonds. The first-order chi connectivity index (χ1) is 5.93. The molecule has 1 aromatic rings. The van der Waals surface area contributed by atoms with Gasteiger partial charge in [-0.2, -0.15) is 0 Å². The second-order valence-corrected chi connectivity index (χ2v) is 3.05. The lowest BCUT2D eigenvalue weighted by Crippen LogP contribution is -1.97. The van der Waals surface area contributed by atoms with Crippen LogP contribution in [-0.2, 0) is 6.42 Å². The first kappa shape index (κ1) is 6.00. The van der Waals surface area contributed by atoms with Crippen molar-refractivity contribution in [3.8, 4) is 0 Å². The van der Waals surface area contributed by atoms with Crippen LogP contribution in [0.2, 0.25) is 0 Å². The lowest BCUT2D eigenvalue weighted by molar-refractivity contribution is 0.417. The van der Waals surface area contributed by atoms with Gasteiger partial charge in [0.2, 0.25) is 0 Å². The van der Waals surface area contributed by atoms with Crippen molar-refractivity contribution in [3.05, 3.63) is 46.9 Å². The van der Waals surface area contributed by atoms with Crippen molar-refractivity contribution < 1.29 is 4.52 Å². The van der Waals surface area contributed by atoms with Crippen LogP contribution in [0.4, 0.5) is 0 Å². The summed E-state index contributed by atoms with van der Waals surface area (Å²) >= 11 is 0. The first-order valence-corrected chi connectivity index (χ1v) is 3.96. The van der Waals surface area contributed by atoms with Gasteiger partial charge >= 0.3 is 0 Å². The molecule has 0 bridgehead atoms. The van der Waals surface area contributed by atoms with Gasteiger partial charge in [-0.25, -0.2) is 0 Å². The average molecular weight is 157 g/mol. The molecule has 0 fully saturated rings. The van der Waals surface area contributed by atoms with Crippen molar-refractivity contribution in [2.45, 2.75) is 6.42 Å². The number of aromatic nitrogens is 1. The first-order valence-electron chi connectivity index (χ1n) is 3.96. The zero-order valence-corrected chi connectivity index (χ0v) is 6.45. The van der Waals surface area contributed by atoms with Crippen LogP contribution in [-0.4, -0.2) is 5.16 Å². The zero-order chi connectivity index (χ0) is 7.97. The Bertz CT molecular complexity index is 421. The van der Waals surface area contributed by atoms with Crippen LogP contribution in [0.3, 0.4) is 0 Å². The van der Waals surface area contributed by atoms with Gasteiger partial charge in [0.1, 0.15) is 12.0 Å². The third-order valence-corrected chi connectivity index (χ3v) is 2.29. The summed E-state index contributed by atoms with van der Waals surface area (Å²) in [4.78, 5) is 0. The molecule has 12 heavy (non-hydrogen) atoms. The minimum atomic E-state index is 0.956. The number of nitrogens with zero attached hydrogens (tertiary/aromatic N) is 1. The van der Waals surface area contributed by atoms with Gasteiger partial charge in [0.05, 0.1) is 0 Å². The summed E-state index contributed by atoms with van der Waals surface area (Å²) in [6.07, 6.45) is 11.1. The highest BCUT2D eigenvalue weighted by Crippen LogP contribution is 2.30. The number of fused-ring (bicyclic) bond motifs is 2. The summed E-state index contributed by atoms with van der Waals surface area (Å²) in [6.45, 7) is 0. The Balaban J connectivity index is 2.23. The molecule has 0 radical (unpaired) electrons. The van der Waals surface area contributed by atoms with Crippen molar-refractivity contribution in [2.75, 3.05) is 0 Å². The van der Waals surface area contributed by atoms with E-state index in [1.165, 1.54) is 16.7 Å². The van der Waals surface area contributed by atoms with E-state index < -0.39 is 0 Å². The highest BCUT2D eigenvalue weighted by atomic mass is 16.5. The Hall–Kier alpha value is -1.57. The van der Waals surface area contributed by atoms with Crippen LogP contribution in [0, 0.1) is 0 Å². The van der Waals surface area contributed by atoms with E-state index in [4.69, 9.17) is 4.52 Å². The van der Waals surface area contributed by atoms with Crippen LogP contribution in [0.15, 0.2) is 40.2 Å². The smallest absolute Gasteiger partial charge is 0.127 e. The minimum absolute atomic E-state index is 0.956. The molecule has 0 saturated carbocycles. The van der Waals surface area contributed by atoms with E-state index in [1.54, 1.807) is 6.26 Å². The molecule has 1 heterocycles. The maximum atomic E-state index is 4.89. The molecule has 2 aliphatic carbocycles. The summed E-state index contributed by atoms with van der Waals surface area (Å²) in [5.41, 5.74) is 4.81. The van der Waals surface area contributed by atoms with E-state index in [0.717, 1.165) is 12.1 Å². The maximum absolute atomic E-state index is 4.89. The monoisotopic (exact) mass is 157 g/mol. The molecule has 0 spiro atoms. The molecule has 2 nitrogen and oxygen atoms in total. The van der Waals surface area contributed by atoms with Crippen molar-refractivity contribution in [3.63, 3.8) is 0 Å². The van der Waals surface area contributed by atoms with Crippen molar-refractivity contribution in [1.29, 1.82) is 0 Å². The minimum Gasteiger partial charge on any atom is -0.364 e. The van der Waals surface area contributed by atoms with Crippen molar-refractivity contribution in [1.82, 2.24) is 5.16 Å². The topological polar surface area (TPSA) is 26.0 Å². The fourth-order valence-electron chi connectivity index (χ4n) is 1.64. The Morgan fingerprint density at radius 1 is 1.42 bits per heavy atom. The van der Waals surface area contributed by atoms with Crippen molar-refractivity contribution in [2.24, 2.45) is 0 Å². The second-order valence-electron chi connectivity index (χ2n) is 3.05. The summed E-state index contributed by atoms with van der Waals surface area (Å²) < 4.78 is 4.89. The lowest BCUT2D eigenvalue weighted by atomic mass is 9.95. The number of hydrogen-bond donors (Lipinski definition) is 0. The zero-order valence-electron chi connectivity index (χ0n) is 6.45. The van der Waals surface area contributed by atoms with Gasteiger partial charge in [-0.15, -0.1) is 0 Å². The highest BCUT2D eigenvalue weighted by Gasteiger charge is 2.17. The number of hydrogen-bond acceptors (Lipinski definition) is 2. The Kier molecular flexibility index (Phi) is 0.987. The molecule has 1 aromatic heterocycles. The Morgan fingerprint density at radius 3 is 3.42 bits per heavy atom. The maximum Gasteiger partial charge on any atom is 0.127 e. The normalized spacial score (nSPS) is 18.3. The van der Waals surface area contributed by atoms with Crippen LogP contribution in [0.1, 0.15) is 11.3 Å². The Labute approximate surface area is 69.9 Å². The predicted octanol–water partition coefficient (Wildman–Crippen LogP) is 2.11. The molecule has 0 aliphatic heterocycles. The molecule has 3 rings (SSSR count). The summed E-state index contributed by atoms with van der Waals surface area (Å²) in [5.74, 6) is 0. The second kappa shape index (κ2) is 1.97. The molecule has 58 valence electrons. The van der Waals surface area contributed by atoms with Gasteiger partial charge in [0.25, 0.3) is 0 Å². The van der Waals surface area contributed by atoms with E-state index in [1.807, 2.05) is 0 Å². The van der Waals surface area contributed by atoms with E-state index in [0.29, 0.717) is 0 Å². The summed E-state index contributed by atoms with van der Waals surface area (Å²) in [7, 11) is 0. The van der Waals surface area contributed by atoms with Gasteiger partial charge in [-0.1, -0.05) is 23.4 Å². The predicted molar refractivity (Wildman–Crippen MR) is 45.4 cm³/mol. The standard InChI is InChI=1S/C10H7NO/c1-2-7-4-9-6-12-11-10(9)5-8(7)3-1/h1-3,5-6H,4H2. The third-order valence-electron chi connectivity index (χ3n) is 2.29. The van der Waals surface area contributed by atoms with E-state index in [-0.39, 0.29) is 0 Å². The summed E-state index contributed by atoms with van der Waals surface area (Å²) in [5, 5.41) is 3.90. The van der Waals surface area contributed by atoms with Gasteiger partial charge in [-0.3, -0.25) is 0 Å². The molecule has 0 unspecified atom stereocenters. The summed E-state index contributed by atoms with van der Waals surface area (Å²) in [6, 6.07) is 0. The molecule has 2 aliphatic rings. The van der Waals surface area contributed by atoms with Crippen LogP contribution in [0.25, 0.3) is 6.08 Å². The van der Waals surface area contributed by atoms with Crippen LogP contribution >= 0.6 is 0 Å². The molecular weight excluding hydrogens is 150 g/mol.